The van der Waals surface area contributed by atoms with E-state index >= 15 is 0 Å². The van der Waals surface area contributed by atoms with Crippen LogP contribution in [0.5, 0.6) is 5.75 Å². The van der Waals surface area contributed by atoms with Crippen LogP contribution >= 0.6 is 0 Å². The highest BCUT2D eigenvalue weighted by atomic mass is 16.3. The number of aromatic nitrogens is 1. The number of amides is 2. The lowest BCUT2D eigenvalue weighted by Crippen LogP contribution is -2.67. The predicted molar refractivity (Wildman–Crippen MR) is 149 cm³/mol. The van der Waals surface area contributed by atoms with Crippen molar-refractivity contribution in [3.8, 4) is 5.75 Å². The van der Waals surface area contributed by atoms with Crippen LogP contribution in [-0.2, 0) is 29.5 Å². The van der Waals surface area contributed by atoms with E-state index in [0.717, 1.165) is 29.7 Å². The highest BCUT2D eigenvalue weighted by Gasteiger charge is 2.70. The molecule has 1 saturated heterocycles. The molecule has 2 aliphatic carbocycles. The first-order valence-electron chi connectivity index (χ1n) is 13.6. The topological polar surface area (TPSA) is 149 Å². The van der Waals surface area contributed by atoms with Gasteiger partial charge in [-0.15, -0.1) is 0 Å². The van der Waals surface area contributed by atoms with Crippen molar-refractivity contribution in [1.29, 1.82) is 0 Å². The Morgan fingerprint density at radius 3 is 2.62 bits per heavy atom. The van der Waals surface area contributed by atoms with E-state index in [1.165, 1.54) is 0 Å². The van der Waals surface area contributed by atoms with E-state index in [1.807, 2.05) is 50.4 Å². The summed E-state index contributed by atoms with van der Waals surface area (Å²) in [5, 5.41) is 25.6. The molecule has 3 aromatic rings. The third-order valence-electron chi connectivity index (χ3n) is 9.44. The summed E-state index contributed by atoms with van der Waals surface area (Å²) in [6.45, 7) is 2.84. The highest BCUT2D eigenvalue weighted by molar-refractivity contribution is 5.97. The van der Waals surface area contributed by atoms with Gasteiger partial charge in [0, 0.05) is 43.0 Å². The fourth-order valence-corrected chi connectivity index (χ4v) is 7.70. The number of H-pyrrole nitrogens is 1. The van der Waals surface area contributed by atoms with Crippen LogP contribution in [0.1, 0.15) is 44.7 Å². The van der Waals surface area contributed by atoms with E-state index in [0.29, 0.717) is 17.7 Å². The number of hydrogen-bond donors (Lipinski definition) is 5. The number of aliphatic hydroxyl groups is 1. The van der Waals surface area contributed by atoms with Crippen molar-refractivity contribution in [2.24, 2.45) is 11.7 Å². The lowest BCUT2D eigenvalue weighted by Gasteiger charge is -2.53. The second-order valence-electron chi connectivity index (χ2n) is 11.8. The van der Waals surface area contributed by atoms with Crippen LogP contribution in [0.4, 0.5) is 0 Å². The molecule has 6 N–H and O–H groups in total. The Morgan fingerprint density at radius 2 is 1.93 bits per heavy atom. The van der Waals surface area contributed by atoms with Gasteiger partial charge >= 0.3 is 0 Å². The monoisotopic (exact) mass is 542 g/mol. The quantitative estimate of drug-likeness (QED) is 0.317. The molecular formula is C31H34N4O5. The number of benzene rings is 2. The first-order chi connectivity index (χ1) is 19.0. The van der Waals surface area contributed by atoms with Crippen molar-refractivity contribution < 1.29 is 19.8 Å². The minimum Gasteiger partial charge on any atom is -0.508 e. The molecule has 2 fully saturated rings. The number of fused-ring (bicyclic) bond motifs is 4. The molecule has 2 aromatic carbocycles. The average Bonchev–Trinajstić information content (AvgIpc) is 3.10. The van der Waals surface area contributed by atoms with Crippen LogP contribution in [0.15, 0.2) is 59.4 Å². The molecule has 0 spiro atoms. The number of likely N-dealkylation sites (tertiary alicyclic amines) is 1. The molecule has 4 unspecified atom stereocenters. The van der Waals surface area contributed by atoms with Gasteiger partial charge in [0.1, 0.15) is 17.4 Å². The van der Waals surface area contributed by atoms with Crippen LogP contribution < -0.4 is 16.6 Å². The summed E-state index contributed by atoms with van der Waals surface area (Å²) in [6, 6.07) is 14.9. The Morgan fingerprint density at radius 1 is 1.18 bits per heavy atom. The summed E-state index contributed by atoms with van der Waals surface area (Å²) in [5.74, 6) is -0.982. The number of nitrogens with zero attached hydrogens (tertiary/aromatic N) is 1. The molecule has 5 atom stereocenters. The number of aromatic hydroxyl groups is 1. The van der Waals surface area contributed by atoms with Crippen LogP contribution in [0, 0.1) is 12.8 Å². The maximum atomic E-state index is 13.3. The van der Waals surface area contributed by atoms with Gasteiger partial charge in [-0.2, -0.15) is 0 Å². The average molecular weight is 543 g/mol. The highest BCUT2D eigenvalue weighted by Crippen LogP contribution is 2.61. The van der Waals surface area contributed by atoms with E-state index in [9.17, 15) is 24.6 Å². The standard InChI is InChI=1S/C31H34N4O5/c1-17-8-9-21(36)12-23(17)30-13-20-16-35(2)26(20)31(30,40)14-19-11-22(29(39)34-25(19)15-30)28(38)33-24(27(32)37)10-18-6-4-3-5-7-18/h3-9,11-12,20,24,26,36,40H,10,13-16H2,1-2H3,(H2,32,37)(H,33,38)(H,34,39)/t20?,24-,26?,30?,31?/m0/s1. The third-order valence-corrected chi connectivity index (χ3v) is 9.44. The maximum Gasteiger partial charge on any atom is 0.261 e. The van der Waals surface area contributed by atoms with Gasteiger partial charge in [0.05, 0.1) is 5.60 Å². The van der Waals surface area contributed by atoms with Gasteiger partial charge in [-0.25, -0.2) is 0 Å². The van der Waals surface area contributed by atoms with E-state index in [1.54, 1.807) is 18.2 Å². The summed E-state index contributed by atoms with van der Waals surface area (Å²) in [4.78, 5) is 43.7. The molecule has 40 heavy (non-hydrogen) atoms. The van der Waals surface area contributed by atoms with Crippen molar-refractivity contribution in [1.82, 2.24) is 15.2 Å². The summed E-state index contributed by atoms with van der Waals surface area (Å²) in [6.07, 6.45) is 1.54. The zero-order chi connectivity index (χ0) is 28.4. The molecule has 6 rings (SSSR count). The van der Waals surface area contributed by atoms with Gasteiger partial charge in [-0.3, -0.25) is 19.3 Å². The molecule has 208 valence electrons. The maximum absolute atomic E-state index is 13.3. The molecule has 1 aromatic heterocycles. The van der Waals surface area contributed by atoms with Gasteiger partial charge in [0.15, 0.2) is 0 Å². The Bertz CT molecular complexity index is 1570. The molecule has 1 saturated carbocycles. The van der Waals surface area contributed by atoms with Crippen LogP contribution in [-0.4, -0.2) is 63.2 Å². The Hall–Kier alpha value is -3.95. The van der Waals surface area contributed by atoms with Crippen molar-refractivity contribution >= 4 is 11.8 Å². The van der Waals surface area contributed by atoms with Crippen molar-refractivity contribution in [3.05, 3.63) is 98.5 Å². The van der Waals surface area contributed by atoms with Crippen LogP contribution in [0.3, 0.4) is 0 Å². The number of aryl methyl sites for hydroxylation is 1. The van der Waals surface area contributed by atoms with Gasteiger partial charge in [0.2, 0.25) is 5.91 Å². The largest absolute Gasteiger partial charge is 0.508 e. The van der Waals surface area contributed by atoms with E-state index in [-0.39, 0.29) is 36.1 Å². The Balaban J connectivity index is 1.37. The summed E-state index contributed by atoms with van der Waals surface area (Å²) in [7, 11) is 2.00. The third kappa shape index (κ3) is 3.95. The number of nitrogens with one attached hydrogen (secondary N) is 2. The SMILES string of the molecule is Cc1ccc(O)cc1C12Cc3[nH]c(=O)c(C(=O)N[C@@H](Cc4ccccc4)C(N)=O)cc3CC1(O)C1C(CN1C)C2. The lowest BCUT2D eigenvalue weighted by atomic mass is 9.59. The Kier molecular flexibility index (Phi) is 6.12. The summed E-state index contributed by atoms with van der Waals surface area (Å²) in [5.41, 5.74) is 7.06. The fourth-order valence-electron chi connectivity index (χ4n) is 7.70. The van der Waals surface area contributed by atoms with Crippen molar-refractivity contribution in [2.75, 3.05) is 13.6 Å². The number of hydrogen-bond acceptors (Lipinski definition) is 6. The molecular weight excluding hydrogens is 508 g/mol. The predicted octanol–water partition coefficient (Wildman–Crippen LogP) is 1.32. The lowest BCUT2D eigenvalue weighted by molar-refractivity contribution is -0.119. The molecule has 9 nitrogen and oxygen atoms in total. The second-order valence-corrected chi connectivity index (χ2v) is 11.8. The fraction of sp³-hybridized carbons (Fsp3) is 0.387. The van der Waals surface area contributed by atoms with Gasteiger partial charge in [-0.1, -0.05) is 36.4 Å². The zero-order valence-corrected chi connectivity index (χ0v) is 22.6. The number of pyridine rings is 1. The molecule has 2 heterocycles. The summed E-state index contributed by atoms with van der Waals surface area (Å²) >= 11 is 0. The van der Waals surface area contributed by atoms with E-state index in [2.05, 4.69) is 15.2 Å². The molecule has 0 radical (unpaired) electrons. The number of carbonyl (C=O) groups excluding carboxylic acids is 2. The number of phenolic OH excluding ortho intramolecular Hbond substituents is 1. The molecule has 0 bridgehead atoms. The minimum atomic E-state index is -1.18. The molecule has 3 aliphatic rings. The van der Waals surface area contributed by atoms with Crippen LogP contribution in [0.2, 0.25) is 0 Å². The van der Waals surface area contributed by atoms with Crippen LogP contribution in [0.25, 0.3) is 0 Å². The zero-order valence-electron chi connectivity index (χ0n) is 22.6. The minimum absolute atomic E-state index is 0.0864. The normalized spacial score (nSPS) is 27.6. The number of rotatable bonds is 6. The summed E-state index contributed by atoms with van der Waals surface area (Å²) < 4.78 is 0. The number of phenols is 1. The van der Waals surface area contributed by atoms with Gasteiger partial charge < -0.3 is 26.2 Å². The van der Waals surface area contributed by atoms with E-state index in [4.69, 9.17) is 5.73 Å². The molecule has 1 aliphatic heterocycles. The van der Waals surface area contributed by atoms with E-state index < -0.39 is 34.4 Å². The molecule has 2 amide bonds. The molecule has 9 heteroatoms. The number of aromatic amines is 1. The second kappa shape index (κ2) is 9.31. The number of primary amides is 1. The first-order valence-corrected chi connectivity index (χ1v) is 13.6. The first kappa shape index (κ1) is 26.3. The van der Waals surface area contributed by atoms with Gasteiger partial charge in [0.25, 0.3) is 11.5 Å². The Labute approximate surface area is 232 Å². The van der Waals surface area contributed by atoms with Crippen molar-refractivity contribution in [2.45, 2.75) is 55.7 Å². The number of likely N-dealkylation sites (N-methyl/N-ethyl adjacent to an activating group) is 1. The van der Waals surface area contributed by atoms with Gasteiger partial charge in [-0.05, 0) is 66.8 Å². The number of nitrogens with two attached hydrogens (primary N) is 1. The smallest absolute Gasteiger partial charge is 0.261 e. The number of carbonyl (C=O) groups is 2. The van der Waals surface area contributed by atoms with Crippen molar-refractivity contribution in [3.63, 3.8) is 0 Å².